The topological polar surface area (TPSA) is 179 Å². The number of nitrogens with two attached hydrogens (primary N) is 1. The van der Waals surface area contributed by atoms with Crippen molar-refractivity contribution in [2.45, 2.75) is 44.9 Å². The van der Waals surface area contributed by atoms with Crippen molar-refractivity contribution in [1.29, 1.82) is 0 Å². The van der Waals surface area contributed by atoms with E-state index in [1.54, 1.807) is 38.1 Å². The molecule has 0 radical (unpaired) electrons. The SMILES string of the molecule is CC(C)[C@H](N)C(=O)OCOc1cc(C(=O)N[C@H](Cc2ccc(-c3cccc(Cl)c3)cc2)CC(O)C(=O)O)nn1-c1ccccn1. The number of aliphatic hydroxyl groups is 1. The summed E-state index contributed by atoms with van der Waals surface area (Å²) in [5.74, 6) is -2.45. The van der Waals surface area contributed by atoms with Crippen molar-refractivity contribution >= 4 is 29.4 Å². The highest BCUT2D eigenvalue weighted by atomic mass is 35.5. The summed E-state index contributed by atoms with van der Waals surface area (Å²) in [6.07, 6.45) is -0.211. The van der Waals surface area contributed by atoms with Crippen LogP contribution in [-0.4, -0.2) is 67.8 Å². The number of aliphatic carboxylic acids is 1. The number of ether oxygens (including phenoxy) is 2. The third-order valence-electron chi connectivity index (χ3n) is 6.90. The Morgan fingerprint density at radius 3 is 2.42 bits per heavy atom. The highest BCUT2D eigenvalue weighted by molar-refractivity contribution is 6.30. The second-order valence-corrected chi connectivity index (χ2v) is 11.1. The maximum absolute atomic E-state index is 13.4. The van der Waals surface area contributed by atoms with E-state index in [2.05, 4.69) is 15.4 Å². The van der Waals surface area contributed by atoms with Gasteiger partial charge in [0.15, 0.2) is 17.6 Å². The quantitative estimate of drug-likeness (QED) is 0.118. The van der Waals surface area contributed by atoms with Crippen LogP contribution in [0.15, 0.2) is 79.0 Å². The van der Waals surface area contributed by atoms with E-state index in [4.69, 9.17) is 26.8 Å². The molecule has 0 aliphatic carbocycles. The first-order chi connectivity index (χ1) is 21.5. The largest absolute Gasteiger partial charge is 0.479 e. The Labute approximate surface area is 264 Å². The van der Waals surface area contributed by atoms with Crippen LogP contribution in [0.2, 0.25) is 5.02 Å². The van der Waals surface area contributed by atoms with Crippen LogP contribution in [0.5, 0.6) is 5.88 Å². The monoisotopic (exact) mass is 635 g/mol. The normalized spacial score (nSPS) is 13.1. The number of nitrogens with one attached hydrogen (secondary N) is 1. The molecule has 5 N–H and O–H groups in total. The Bertz CT molecular complexity index is 1610. The van der Waals surface area contributed by atoms with Crippen LogP contribution in [-0.2, 0) is 20.7 Å². The van der Waals surface area contributed by atoms with Crippen molar-refractivity contribution in [3.8, 4) is 22.8 Å². The molecule has 3 atom stereocenters. The van der Waals surface area contributed by atoms with E-state index in [-0.39, 0.29) is 30.3 Å². The first kappa shape index (κ1) is 33.1. The number of halogens is 1. The number of carboxylic acids is 1. The smallest absolute Gasteiger partial charge is 0.332 e. The van der Waals surface area contributed by atoms with Gasteiger partial charge in [0.2, 0.25) is 12.7 Å². The van der Waals surface area contributed by atoms with Gasteiger partial charge in [0, 0.05) is 29.7 Å². The summed E-state index contributed by atoms with van der Waals surface area (Å²) in [6, 6.07) is 19.7. The van der Waals surface area contributed by atoms with Crippen molar-refractivity contribution in [2.24, 2.45) is 11.7 Å². The van der Waals surface area contributed by atoms with Crippen LogP contribution in [0.3, 0.4) is 0 Å². The molecule has 4 rings (SSSR count). The third-order valence-corrected chi connectivity index (χ3v) is 7.13. The molecular formula is C32H34ClN5O7. The first-order valence-electron chi connectivity index (χ1n) is 14.1. The number of benzene rings is 2. The Hall–Kier alpha value is -4.78. The van der Waals surface area contributed by atoms with Gasteiger partial charge in [0.05, 0.1) is 0 Å². The average molecular weight is 636 g/mol. The van der Waals surface area contributed by atoms with Gasteiger partial charge in [-0.15, -0.1) is 0 Å². The second-order valence-electron chi connectivity index (χ2n) is 10.6. The molecule has 0 aliphatic rings. The fraction of sp³-hybridized carbons (Fsp3) is 0.281. The van der Waals surface area contributed by atoms with E-state index >= 15 is 0 Å². The lowest BCUT2D eigenvalue weighted by molar-refractivity contribution is -0.153. The number of aromatic nitrogens is 3. The van der Waals surface area contributed by atoms with Gasteiger partial charge in [0.25, 0.3) is 5.91 Å². The molecule has 1 unspecified atom stereocenters. The van der Waals surface area contributed by atoms with Crippen LogP contribution >= 0.6 is 11.6 Å². The molecule has 4 aromatic rings. The molecule has 0 aliphatic heterocycles. The minimum absolute atomic E-state index is 0.0588. The number of hydrogen-bond donors (Lipinski definition) is 4. The number of carbonyl (C=O) groups excluding carboxylic acids is 2. The molecule has 236 valence electrons. The number of nitrogens with zero attached hydrogens (tertiary/aromatic N) is 3. The minimum Gasteiger partial charge on any atom is -0.479 e. The molecule has 2 aromatic heterocycles. The summed E-state index contributed by atoms with van der Waals surface area (Å²) in [6.45, 7) is 3.08. The summed E-state index contributed by atoms with van der Waals surface area (Å²) in [7, 11) is 0. The third kappa shape index (κ3) is 9.11. The van der Waals surface area contributed by atoms with Crippen LogP contribution in [0.25, 0.3) is 16.9 Å². The molecule has 45 heavy (non-hydrogen) atoms. The molecule has 0 spiro atoms. The van der Waals surface area contributed by atoms with E-state index in [0.29, 0.717) is 10.8 Å². The van der Waals surface area contributed by atoms with Gasteiger partial charge in [-0.3, -0.25) is 9.59 Å². The van der Waals surface area contributed by atoms with Crippen LogP contribution < -0.4 is 15.8 Å². The minimum atomic E-state index is -1.71. The van der Waals surface area contributed by atoms with Crippen molar-refractivity contribution in [3.63, 3.8) is 0 Å². The van der Waals surface area contributed by atoms with Gasteiger partial charge < -0.3 is 30.7 Å². The zero-order valence-corrected chi connectivity index (χ0v) is 25.4. The number of rotatable bonds is 14. The Balaban J connectivity index is 1.52. The molecule has 1 amide bonds. The Morgan fingerprint density at radius 2 is 1.78 bits per heavy atom. The van der Waals surface area contributed by atoms with Gasteiger partial charge in [-0.05, 0) is 53.3 Å². The summed E-state index contributed by atoms with van der Waals surface area (Å²) >= 11 is 6.12. The molecule has 2 heterocycles. The van der Waals surface area contributed by atoms with Gasteiger partial charge >= 0.3 is 11.9 Å². The molecule has 0 saturated carbocycles. The Morgan fingerprint density at radius 1 is 1.02 bits per heavy atom. The highest BCUT2D eigenvalue weighted by Gasteiger charge is 2.25. The average Bonchev–Trinajstić information content (AvgIpc) is 3.45. The van der Waals surface area contributed by atoms with E-state index in [9.17, 15) is 24.6 Å². The number of amides is 1. The lowest BCUT2D eigenvalue weighted by Crippen LogP contribution is -2.40. The number of hydrogen-bond acceptors (Lipinski definition) is 9. The van der Waals surface area contributed by atoms with Crippen LogP contribution in [0.1, 0.15) is 36.3 Å². The molecule has 12 nitrogen and oxygen atoms in total. The van der Waals surface area contributed by atoms with Crippen molar-refractivity contribution in [2.75, 3.05) is 6.79 Å². The van der Waals surface area contributed by atoms with Crippen molar-refractivity contribution in [1.82, 2.24) is 20.1 Å². The van der Waals surface area contributed by atoms with Gasteiger partial charge in [-0.1, -0.05) is 67.9 Å². The highest BCUT2D eigenvalue weighted by Crippen LogP contribution is 2.24. The van der Waals surface area contributed by atoms with E-state index in [1.807, 2.05) is 42.5 Å². The van der Waals surface area contributed by atoms with Crippen molar-refractivity contribution < 1.29 is 34.1 Å². The first-order valence-corrected chi connectivity index (χ1v) is 14.5. The summed E-state index contributed by atoms with van der Waals surface area (Å²) in [5.41, 5.74) is 8.41. The zero-order chi connectivity index (χ0) is 32.5. The summed E-state index contributed by atoms with van der Waals surface area (Å²) in [4.78, 5) is 41.3. The van der Waals surface area contributed by atoms with E-state index in [1.165, 1.54) is 16.9 Å². The zero-order valence-electron chi connectivity index (χ0n) is 24.7. The lowest BCUT2D eigenvalue weighted by Gasteiger charge is -2.20. The van der Waals surface area contributed by atoms with Gasteiger partial charge in [-0.25, -0.2) is 9.78 Å². The Kier molecular flexibility index (Phi) is 11.3. The predicted molar refractivity (Wildman–Crippen MR) is 166 cm³/mol. The van der Waals surface area contributed by atoms with Crippen LogP contribution in [0.4, 0.5) is 0 Å². The number of aliphatic hydroxyl groups excluding tert-OH is 1. The number of carboxylic acid groups (broad SMARTS) is 1. The van der Waals surface area contributed by atoms with Gasteiger partial charge in [0.1, 0.15) is 6.04 Å². The fourth-order valence-electron chi connectivity index (χ4n) is 4.35. The molecule has 2 aromatic carbocycles. The molecule has 13 heteroatoms. The summed E-state index contributed by atoms with van der Waals surface area (Å²) in [5, 5.41) is 27.2. The maximum Gasteiger partial charge on any atom is 0.332 e. The van der Waals surface area contributed by atoms with Crippen LogP contribution in [0, 0.1) is 5.92 Å². The van der Waals surface area contributed by atoms with E-state index in [0.717, 1.165) is 16.7 Å². The number of pyridine rings is 1. The second kappa shape index (κ2) is 15.3. The standard InChI is InChI=1S/C32H34ClN5O7/c1-19(2)29(34)32(43)45-18-44-28-17-25(37-38(28)27-8-3-4-13-35-27)30(40)36-24(16-26(39)31(41)42)14-20-9-11-21(12-10-20)22-6-5-7-23(33)15-22/h3-13,15,17,19,24,26,29,39H,14,16,18,34H2,1-2H3,(H,36,40)(H,41,42)/t24-,26?,29+/m1/s1. The molecular weight excluding hydrogens is 602 g/mol. The number of esters is 1. The van der Waals surface area contributed by atoms with Crippen molar-refractivity contribution in [3.05, 3.63) is 95.3 Å². The summed E-state index contributed by atoms with van der Waals surface area (Å²) < 4.78 is 12.0. The molecule has 0 fully saturated rings. The lowest BCUT2D eigenvalue weighted by atomic mass is 9.97. The fourth-order valence-corrected chi connectivity index (χ4v) is 4.54. The molecule has 0 saturated heterocycles. The van der Waals surface area contributed by atoms with Gasteiger partial charge in [-0.2, -0.15) is 9.78 Å². The maximum atomic E-state index is 13.4. The molecule has 0 bridgehead atoms. The predicted octanol–water partition coefficient (Wildman–Crippen LogP) is 3.63. The number of carbonyl (C=O) groups is 3. The van der Waals surface area contributed by atoms with E-state index < -0.39 is 42.8 Å².